The number of hydrogen-bond donors (Lipinski definition) is 1. The third-order valence-corrected chi connectivity index (χ3v) is 5.37. The number of carbonyl (C=O) groups excluding carboxylic acids is 1. The molecule has 0 radical (unpaired) electrons. The summed E-state index contributed by atoms with van der Waals surface area (Å²) in [4.78, 5) is 19.8. The number of hydrogen-bond acceptors (Lipinski definition) is 2. The molecule has 27 heavy (non-hydrogen) atoms. The van der Waals surface area contributed by atoms with Gasteiger partial charge in [-0.25, -0.2) is 4.39 Å². The Labute approximate surface area is 158 Å². The third kappa shape index (κ3) is 4.03. The fraction of sp³-hybridized carbons (Fsp3) is 0.318. The predicted molar refractivity (Wildman–Crippen MR) is 105 cm³/mol. The van der Waals surface area contributed by atoms with Crippen molar-refractivity contribution < 1.29 is 9.18 Å². The number of benzene rings is 2. The summed E-state index contributed by atoms with van der Waals surface area (Å²) in [5.41, 5.74) is 3.15. The molecule has 4 rings (SSSR count). The van der Waals surface area contributed by atoms with Crippen LogP contribution in [-0.4, -0.2) is 47.4 Å². The van der Waals surface area contributed by atoms with Gasteiger partial charge < -0.3 is 9.88 Å². The van der Waals surface area contributed by atoms with Gasteiger partial charge in [0, 0.05) is 30.2 Å². The topological polar surface area (TPSA) is 39.3 Å². The Morgan fingerprint density at radius 2 is 2.04 bits per heavy atom. The lowest BCUT2D eigenvalue weighted by molar-refractivity contribution is -0.131. The number of rotatable bonds is 5. The van der Waals surface area contributed by atoms with Crippen LogP contribution >= 0.6 is 0 Å². The van der Waals surface area contributed by atoms with Crippen LogP contribution < -0.4 is 0 Å². The largest absolute Gasteiger partial charge is 0.357 e. The van der Waals surface area contributed by atoms with Crippen LogP contribution in [-0.2, 0) is 11.3 Å². The molecule has 5 heteroatoms. The van der Waals surface area contributed by atoms with Crippen LogP contribution in [0.25, 0.3) is 10.9 Å². The van der Waals surface area contributed by atoms with Gasteiger partial charge in [0.2, 0.25) is 5.91 Å². The number of fused-ring (bicyclic) bond motifs is 1. The number of carbonyl (C=O) groups is 1. The summed E-state index contributed by atoms with van der Waals surface area (Å²) in [6.45, 7) is 2.81. The van der Waals surface area contributed by atoms with E-state index in [0.29, 0.717) is 19.0 Å². The van der Waals surface area contributed by atoms with Crippen LogP contribution in [0.4, 0.5) is 4.39 Å². The average molecular weight is 365 g/mol. The summed E-state index contributed by atoms with van der Waals surface area (Å²) in [6.07, 6.45) is 1.09. The second-order valence-electron chi connectivity index (χ2n) is 7.41. The van der Waals surface area contributed by atoms with Gasteiger partial charge >= 0.3 is 0 Å². The second-order valence-corrected chi connectivity index (χ2v) is 7.41. The molecule has 1 aliphatic heterocycles. The Hall–Kier alpha value is -2.66. The molecule has 1 unspecified atom stereocenters. The fourth-order valence-corrected chi connectivity index (χ4v) is 3.88. The lowest BCUT2D eigenvalue weighted by Crippen LogP contribution is -2.37. The van der Waals surface area contributed by atoms with E-state index in [-0.39, 0.29) is 11.7 Å². The Balaban J connectivity index is 1.34. The normalized spacial score (nSPS) is 17.5. The lowest BCUT2D eigenvalue weighted by Gasteiger charge is -2.21. The van der Waals surface area contributed by atoms with Crippen LogP contribution in [0.1, 0.15) is 23.6 Å². The first-order valence-electron chi connectivity index (χ1n) is 9.37. The van der Waals surface area contributed by atoms with Gasteiger partial charge in [-0.3, -0.25) is 9.69 Å². The van der Waals surface area contributed by atoms with Gasteiger partial charge in [0.15, 0.2) is 0 Å². The highest BCUT2D eigenvalue weighted by atomic mass is 19.1. The van der Waals surface area contributed by atoms with Crippen LogP contribution in [0.2, 0.25) is 0 Å². The average Bonchev–Trinajstić information content (AvgIpc) is 3.28. The van der Waals surface area contributed by atoms with Gasteiger partial charge in [-0.15, -0.1) is 0 Å². The number of aromatic nitrogens is 1. The van der Waals surface area contributed by atoms with Crippen molar-refractivity contribution in [1.29, 1.82) is 0 Å². The number of nitrogens with zero attached hydrogens (tertiary/aromatic N) is 2. The molecule has 0 bridgehead atoms. The minimum atomic E-state index is -0.250. The first kappa shape index (κ1) is 17.7. The smallest absolute Gasteiger partial charge is 0.236 e. The summed E-state index contributed by atoms with van der Waals surface area (Å²) in [5, 5.41) is 0.830. The first-order valence-corrected chi connectivity index (χ1v) is 9.37. The SMILES string of the molecule is CN(Cc1cc2cc(F)ccc2[nH]1)C(=O)CN1CCC(c2ccccc2)C1. The standard InChI is InChI=1S/C22H24FN3O/c1-25(14-20-12-18-11-19(23)7-8-21(18)24-20)22(27)15-26-10-9-17(13-26)16-5-3-2-4-6-16/h2-8,11-12,17,24H,9-10,13-15H2,1H3. The molecule has 3 aromatic rings. The molecule has 0 aliphatic carbocycles. The Bertz CT molecular complexity index is 937. The quantitative estimate of drug-likeness (QED) is 0.748. The van der Waals surface area contributed by atoms with E-state index >= 15 is 0 Å². The number of likely N-dealkylation sites (N-methyl/N-ethyl adjacent to an activating group) is 1. The summed E-state index contributed by atoms with van der Waals surface area (Å²) >= 11 is 0. The molecule has 1 aliphatic rings. The summed E-state index contributed by atoms with van der Waals surface area (Å²) in [5.74, 6) is 0.362. The fourth-order valence-electron chi connectivity index (χ4n) is 3.88. The molecule has 0 spiro atoms. The molecule has 0 saturated carbocycles. The molecular formula is C22H24FN3O. The van der Waals surface area contributed by atoms with E-state index in [1.165, 1.54) is 17.7 Å². The van der Waals surface area contributed by atoms with E-state index in [1.54, 1.807) is 11.0 Å². The molecule has 2 aromatic carbocycles. The van der Waals surface area contributed by atoms with E-state index in [0.717, 1.165) is 36.1 Å². The molecular weight excluding hydrogens is 341 g/mol. The predicted octanol–water partition coefficient (Wildman–Crippen LogP) is 3.75. The van der Waals surface area contributed by atoms with Crippen molar-refractivity contribution in [1.82, 2.24) is 14.8 Å². The van der Waals surface area contributed by atoms with Gasteiger partial charge in [0.1, 0.15) is 5.82 Å². The highest BCUT2D eigenvalue weighted by Crippen LogP contribution is 2.26. The number of amides is 1. The van der Waals surface area contributed by atoms with Gasteiger partial charge in [-0.1, -0.05) is 30.3 Å². The number of likely N-dealkylation sites (tertiary alicyclic amines) is 1. The Kier molecular flexibility index (Phi) is 4.94. The van der Waals surface area contributed by atoms with Crippen LogP contribution in [0.5, 0.6) is 0 Å². The summed E-state index contributed by atoms with van der Waals surface area (Å²) in [6, 6.07) is 17.1. The van der Waals surface area contributed by atoms with Crippen molar-refractivity contribution in [3.63, 3.8) is 0 Å². The minimum Gasteiger partial charge on any atom is -0.357 e. The van der Waals surface area contributed by atoms with Gasteiger partial charge in [-0.05, 0) is 48.7 Å². The summed E-state index contributed by atoms with van der Waals surface area (Å²) < 4.78 is 13.3. The molecule has 1 N–H and O–H groups in total. The third-order valence-electron chi connectivity index (χ3n) is 5.37. The molecule has 2 heterocycles. The Morgan fingerprint density at radius 1 is 1.22 bits per heavy atom. The van der Waals surface area contributed by atoms with Crippen molar-refractivity contribution in [3.05, 3.63) is 71.7 Å². The minimum absolute atomic E-state index is 0.105. The van der Waals surface area contributed by atoms with E-state index < -0.39 is 0 Å². The van der Waals surface area contributed by atoms with E-state index in [4.69, 9.17) is 0 Å². The molecule has 1 amide bonds. The van der Waals surface area contributed by atoms with E-state index in [2.05, 4.69) is 34.1 Å². The zero-order chi connectivity index (χ0) is 18.8. The monoisotopic (exact) mass is 365 g/mol. The molecule has 1 saturated heterocycles. The molecule has 140 valence electrons. The highest BCUT2D eigenvalue weighted by molar-refractivity contribution is 5.81. The van der Waals surface area contributed by atoms with Crippen molar-refractivity contribution in [2.24, 2.45) is 0 Å². The zero-order valence-electron chi connectivity index (χ0n) is 15.5. The van der Waals surface area contributed by atoms with Crippen molar-refractivity contribution in [2.75, 3.05) is 26.7 Å². The van der Waals surface area contributed by atoms with Crippen LogP contribution in [0, 0.1) is 5.82 Å². The molecule has 4 nitrogen and oxygen atoms in total. The summed E-state index contributed by atoms with van der Waals surface area (Å²) in [7, 11) is 1.82. The van der Waals surface area contributed by atoms with Crippen molar-refractivity contribution in [2.45, 2.75) is 18.9 Å². The maximum Gasteiger partial charge on any atom is 0.236 e. The number of nitrogens with one attached hydrogen (secondary N) is 1. The number of aromatic amines is 1. The van der Waals surface area contributed by atoms with Gasteiger partial charge in [0.05, 0.1) is 13.1 Å². The van der Waals surface area contributed by atoms with Crippen molar-refractivity contribution in [3.8, 4) is 0 Å². The first-order chi connectivity index (χ1) is 13.1. The zero-order valence-corrected chi connectivity index (χ0v) is 15.5. The van der Waals surface area contributed by atoms with Crippen LogP contribution in [0.15, 0.2) is 54.6 Å². The van der Waals surface area contributed by atoms with Crippen molar-refractivity contribution >= 4 is 16.8 Å². The number of H-pyrrole nitrogens is 1. The maximum atomic E-state index is 13.3. The lowest BCUT2D eigenvalue weighted by atomic mass is 9.99. The number of halogens is 1. The second kappa shape index (κ2) is 7.53. The highest BCUT2D eigenvalue weighted by Gasteiger charge is 2.26. The Morgan fingerprint density at radius 3 is 2.85 bits per heavy atom. The van der Waals surface area contributed by atoms with Crippen LogP contribution in [0.3, 0.4) is 0 Å². The van der Waals surface area contributed by atoms with E-state index in [9.17, 15) is 9.18 Å². The van der Waals surface area contributed by atoms with E-state index in [1.807, 2.05) is 19.2 Å². The molecule has 1 atom stereocenters. The maximum absolute atomic E-state index is 13.3. The van der Waals surface area contributed by atoms with Gasteiger partial charge in [-0.2, -0.15) is 0 Å². The molecule has 1 aromatic heterocycles. The van der Waals surface area contributed by atoms with Gasteiger partial charge in [0.25, 0.3) is 0 Å². The molecule has 1 fully saturated rings.